The Bertz CT molecular complexity index is 772. The second-order valence-corrected chi connectivity index (χ2v) is 6.15. The molecular weight excluding hydrogens is 375 g/mol. The van der Waals surface area contributed by atoms with Gasteiger partial charge in [0.15, 0.2) is 5.78 Å². The van der Waals surface area contributed by atoms with Crippen molar-refractivity contribution in [2.75, 3.05) is 19.1 Å². The normalized spacial score (nSPS) is 11.2. The van der Waals surface area contributed by atoms with E-state index in [2.05, 4.69) is 0 Å². The number of carbonyl (C=O) groups excluding carboxylic acids is 2. The van der Waals surface area contributed by atoms with Gasteiger partial charge in [-0.1, -0.05) is 54.1 Å². The first-order chi connectivity index (χ1) is 12.6. The van der Waals surface area contributed by atoms with Crippen LogP contribution in [0.3, 0.4) is 0 Å². The molecule has 0 spiro atoms. The summed E-state index contributed by atoms with van der Waals surface area (Å²) in [6, 6.07) is 16.1. The Labute approximate surface area is 162 Å². The van der Waals surface area contributed by atoms with Crippen molar-refractivity contribution in [1.29, 1.82) is 0 Å². The van der Waals surface area contributed by atoms with Crippen LogP contribution < -0.4 is 0 Å². The quantitative estimate of drug-likeness (QED) is 0.159. The first-order valence-electron chi connectivity index (χ1n) is 7.95. The minimum absolute atomic E-state index is 0.0718. The maximum absolute atomic E-state index is 12.5. The lowest BCUT2D eigenvalue weighted by Crippen LogP contribution is -2.20. The standard InChI is InChI=1S/C20H18Cl2O4/c21-9-10-25-14-19(23)18(12-16-7-4-8-17(22)11-16)20(24)26-13-15-5-2-1-3-6-15/h1-8,11-12H,9-10,13-14H2/b18-12-. The molecule has 2 aromatic rings. The minimum atomic E-state index is -0.715. The van der Waals surface area contributed by atoms with E-state index in [1.165, 1.54) is 6.08 Å². The first-order valence-corrected chi connectivity index (χ1v) is 8.86. The highest BCUT2D eigenvalue weighted by atomic mass is 35.5. The third kappa shape index (κ3) is 6.64. The largest absolute Gasteiger partial charge is 0.457 e. The summed E-state index contributed by atoms with van der Waals surface area (Å²) in [6.45, 7) is 0.0404. The summed E-state index contributed by atoms with van der Waals surface area (Å²) < 4.78 is 10.4. The highest BCUT2D eigenvalue weighted by molar-refractivity contribution is 6.30. The third-order valence-corrected chi connectivity index (χ3v) is 3.74. The van der Waals surface area contributed by atoms with Gasteiger partial charge < -0.3 is 9.47 Å². The number of Topliss-reactive ketones (excluding diaryl/α,β-unsaturated/α-hetero) is 1. The Morgan fingerprint density at radius 1 is 1.04 bits per heavy atom. The van der Waals surface area contributed by atoms with Crippen LogP contribution in [-0.4, -0.2) is 30.8 Å². The van der Waals surface area contributed by atoms with E-state index in [0.29, 0.717) is 10.6 Å². The van der Waals surface area contributed by atoms with Crippen molar-refractivity contribution in [2.45, 2.75) is 6.61 Å². The van der Waals surface area contributed by atoms with Gasteiger partial charge in [-0.25, -0.2) is 4.79 Å². The van der Waals surface area contributed by atoms with E-state index in [1.807, 2.05) is 30.3 Å². The van der Waals surface area contributed by atoms with Crippen molar-refractivity contribution in [3.05, 3.63) is 76.3 Å². The Hall–Kier alpha value is -2.14. The van der Waals surface area contributed by atoms with Crippen molar-refractivity contribution < 1.29 is 19.1 Å². The molecule has 0 N–H and O–H groups in total. The molecule has 0 unspecified atom stereocenters. The number of rotatable bonds is 9. The van der Waals surface area contributed by atoms with E-state index in [9.17, 15) is 9.59 Å². The summed E-state index contributed by atoms with van der Waals surface area (Å²) >= 11 is 11.5. The van der Waals surface area contributed by atoms with Crippen LogP contribution in [0.2, 0.25) is 5.02 Å². The predicted octanol–water partition coefficient (Wildman–Crippen LogP) is 4.29. The lowest BCUT2D eigenvalue weighted by atomic mass is 10.1. The molecule has 0 aliphatic carbocycles. The highest BCUT2D eigenvalue weighted by Crippen LogP contribution is 2.16. The Morgan fingerprint density at radius 2 is 1.81 bits per heavy atom. The fraction of sp³-hybridized carbons (Fsp3) is 0.200. The zero-order valence-corrected chi connectivity index (χ0v) is 15.5. The van der Waals surface area contributed by atoms with Crippen molar-refractivity contribution in [1.82, 2.24) is 0 Å². The summed E-state index contributed by atoms with van der Waals surface area (Å²) in [6.07, 6.45) is 1.45. The van der Waals surface area contributed by atoms with E-state index >= 15 is 0 Å². The molecule has 4 nitrogen and oxygen atoms in total. The van der Waals surface area contributed by atoms with E-state index < -0.39 is 11.8 Å². The molecule has 0 saturated carbocycles. The van der Waals surface area contributed by atoms with Crippen LogP contribution in [-0.2, 0) is 25.7 Å². The number of alkyl halides is 1. The number of benzene rings is 2. The Kier molecular flexibility index (Phi) is 8.35. The van der Waals surface area contributed by atoms with Gasteiger partial charge in [0.25, 0.3) is 0 Å². The maximum atomic E-state index is 12.5. The fourth-order valence-electron chi connectivity index (χ4n) is 2.11. The summed E-state index contributed by atoms with van der Waals surface area (Å²) in [5, 5.41) is 0.501. The van der Waals surface area contributed by atoms with Gasteiger partial charge in [0.2, 0.25) is 0 Å². The number of halogens is 2. The molecule has 0 atom stereocenters. The van der Waals surface area contributed by atoms with Gasteiger partial charge in [-0.15, -0.1) is 11.6 Å². The van der Waals surface area contributed by atoms with E-state index in [0.717, 1.165) is 5.56 Å². The van der Waals surface area contributed by atoms with Gasteiger partial charge in [-0.3, -0.25) is 4.79 Å². The molecule has 26 heavy (non-hydrogen) atoms. The SMILES string of the molecule is O=C(COCCCl)/C(=C/c1cccc(Cl)c1)C(=O)OCc1ccccc1. The highest BCUT2D eigenvalue weighted by Gasteiger charge is 2.20. The average Bonchev–Trinajstić information content (AvgIpc) is 2.65. The van der Waals surface area contributed by atoms with Crippen molar-refractivity contribution in [3.63, 3.8) is 0 Å². The van der Waals surface area contributed by atoms with Crippen LogP contribution >= 0.6 is 23.2 Å². The van der Waals surface area contributed by atoms with E-state index in [1.54, 1.807) is 24.3 Å². The molecule has 6 heteroatoms. The van der Waals surface area contributed by atoms with Crippen molar-refractivity contribution in [3.8, 4) is 0 Å². The molecule has 2 rings (SSSR count). The molecular formula is C20H18Cl2O4. The van der Waals surface area contributed by atoms with Gasteiger partial charge >= 0.3 is 5.97 Å². The lowest BCUT2D eigenvalue weighted by Gasteiger charge is -2.09. The topological polar surface area (TPSA) is 52.6 Å². The molecule has 0 aliphatic rings. The van der Waals surface area contributed by atoms with Crippen LogP contribution in [0.15, 0.2) is 60.2 Å². The summed E-state index contributed by atoms with van der Waals surface area (Å²) in [7, 11) is 0. The van der Waals surface area contributed by atoms with Gasteiger partial charge in [0, 0.05) is 10.9 Å². The third-order valence-electron chi connectivity index (χ3n) is 3.35. The Morgan fingerprint density at radius 3 is 2.50 bits per heavy atom. The van der Waals surface area contributed by atoms with Crippen LogP contribution in [0.5, 0.6) is 0 Å². The number of hydrogen-bond acceptors (Lipinski definition) is 4. The van der Waals surface area contributed by atoms with Gasteiger partial charge in [-0.2, -0.15) is 0 Å². The average molecular weight is 393 g/mol. The molecule has 0 aromatic heterocycles. The second-order valence-electron chi connectivity index (χ2n) is 5.34. The fourth-order valence-corrected chi connectivity index (χ4v) is 2.42. The van der Waals surface area contributed by atoms with Crippen molar-refractivity contribution in [2.24, 2.45) is 0 Å². The zero-order valence-electron chi connectivity index (χ0n) is 14.0. The smallest absolute Gasteiger partial charge is 0.342 e. The molecule has 2 aromatic carbocycles. The molecule has 0 saturated heterocycles. The Balaban J connectivity index is 2.15. The number of ether oxygens (including phenoxy) is 2. The van der Waals surface area contributed by atoms with Crippen molar-refractivity contribution >= 4 is 41.0 Å². The maximum Gasteiger partial charge on any atom is 0.342 e. The van der Waals surface area contributed by atoms with Gasteiger partial charge in [-0.05, 0) is 29.3 Å². The second kappa shape index (κ2) is 10.8. The molecule has 0 amide bonds. The molecule has 0 fully saturated rings. The summed E-state index contributed by atoms with van der Waals surface area (Å²) in [5.41, 5.74) is 1.35. The molecule has 0 heterocycles. The number of ketones is 1. The lowest BCUT2D eigenvalue weighted by molar-refractivity contribution is -0.142. The van der Waals surface area contributed by atoms with Crippen LogP contribution in [0.1, 0.15) is 11.1 Å². The van der Waals surface area contributed by atoms with Gasteiger partial charge in [0.1, 0.15) is 18.8 Å². The van der Waals surface area contributed by atoms with Crippen LogP contribution in [0.25, 0.3) is 6.08 Å². The minimum Gasteiger partial charge on any atom is -0.457 e. The zero-order chi connectivity index (χ0) is 18.8. The number of esters is 1. The van der Waals surface area contributed by atoms with Gasteiger partial charge in [0.05, 0.1) is 6.61 Å². The van der Waals surface area contributed by atoms with E-state index in [-0.39, 0.29) is 31.3 Å². The molecule has 0 aliphatic heterocycles. The molecule has 0 bridgehead atoms. The predicted molar refractivity (Wildman–Crippen MR) is 102 cm³/mol. The monoisotopic (exact) mass is 392 g/mol. The molecule has 136 valence electrons. The summed E-state index contributed by atoms with van der Waals surface area (Å²) in [5.74, 6) is -0.930. The van der Waals surface area contributed by atoms with E-state index in [4.69, 9.17) is 32.7 Å². The summed E-state index contributed by atoms with van der Waals surface area (Å²) in [4.78, 5) is 24.8. The number of carbonyl (C=O) groups is 2. The van der Waals surface area contributed by atoms with Crippen LogP contribution in [0, 0.1) is 0 Å². The molecule has 0 radical (unpaired) electrons. The van der Waals surface area contributed by atoms with Crippen LogP contribution in [0.4, 0.5) is 0 Å². The first kappa shape index (κ1) is 20.2. The number of hydrogen-bond donors (Lipinski definition) is 0.